The summed E-state index contributed by atoms with van der Waals surface area (Å²) in [5.41, 5.74) is 1.22. The van der Waals surface area contributed by atoms with E-state index < -0.39 is 0 Å². The van der Waals surface area contributed by atoms with Gasteiger partial charge in [0.15, 0.2) is 0 Å². The summed E-state index contributed by atoms with van der Waals surface area (Å²) in [7, 11) is 0. The molecule has 22 heavy (non-hydrogen) atoms. The second-order valence-electron chi connectivity index (χ2n) is 5.31. The molecular weight excluding hydrogens is 358 g/mol. The van der Waals surface area contributed by atoms with E-state index in [1.807, 2.05) is 56.3 Å². The van der Waals surface area contributed by atoms with Crippen molar-refractivity contribution in [3.05, 3.63) is 64.6 Å². The Morgan fingerprint density at radius 1 is 1.09 bits per heavy atom. The maximum absolute atomic E-state index is 12.3. The number of amides is 1. The van der Waals surface area contributed by atoms with Crippen molar-refractivity contribution in [1.29, 1.82) is 0 Å². The molecule has 0 aliphatic rings. The highest BCUT2D eigenvalue weighted by Crippen LogP contribution is 2.22. The minimum Gasteiger partial charge on any atom is -0.352 e. The number of halogens is 1. The van der Waals surface area contributed by atoms with E-state index in [1.54, 1.807) is 11.8 Å². The lowest BCUT2D eigenvalue weighted by Crippen LogP contribution is -2.38. The van der Waals surface area contributed by atoms with Gasteiger partial charge in [-0.3, -0.25) is 4.79 Å². The van der Waals surface area contributed by atoms with Gasteiger partial charge in [-0.25, -0.2) is 0 Å². The van der Waals surface area contributed by atoms with Gasteiger partial charge in [0.1, 0.15) is 0 Å². The Labute approximate surface area is 144 Å². The Morgan fingerprint density at radius 3 is 2.36 bits per heavy atom. The van der Waals surface area contributed by atoms with E-state index in [1.165, 1.54) is 5.56 Å². The molecule has 0 aromatic heterocycles. The quantitative estimate of drug-likeness (QED) is 0.740. The molecule has 2 aromatic rings. The number of rotatable bonds is 6. The zero-order chi connectivity index (χ0) is 15.9. The van der Waals surface area contributed by atoms with Gasteiger partial charge in [0.2, 0.25) is 5.91 Å². The molecule has 0 bridgehead atoms. The fraction of sp³-hybridized carbons (Fsp3) is 0.278. The summed E-state index contributed by atoms with van der Waals surface area (Å²) in [5, 5.41) is 2.99. The van der Waals surface area contributed by atoms with Gasteiger partial charge in [-0.1, -0.05) is 46.3 Å². The van der Waals surface area contributed by atoms with Crippen LogP contribution in [0.5, 0.6) is 0 Å². The summed E-state index contributed by atoms with van der Waals surface area (Å²) in [6.45, 7) is 3.99. The van der Waals surface area contributed by atoms with Crippen LogP contribution in [0.1, 0.15) is 19.4 Å². The van der Waals surface area contributed by atoms with Crippen LogP contribution >= 0.6 is 27.7 Å². The molecule has 0 radical (unpaired) electrons. The molecule has 0 aliphatic carbocycles. The van der Waals surface area contributed by atoms with E-state index in [-0.39, 0.29) is 17.2 Å². The molecule has 2 aromatic carbocycles. The second-order valence-corrected chi connectivity index (χ2v) is 7.64. The van der Waals surface area contributed by atoms with Crippen molar-refractivity contribution in [1.82, 2.24) is 5.32 Å². The lowest BCUT2D eigenvalue weighted by molar-refractivity contribution is -0.120. The SMILES string of the molecule is CC(Cc1ccc(Br)cc1)NC(=O)C(C)Sc1ccccc1. The Bertz CT molecular complexity index is 600. The number of carbonyl (C=O) groups is 1. The van der Waals surface area contributed by atoms with Crippen LogP contribution in [0.2, 0.25) is 0 Å². The maximum Gasteiger partial charge on any atom is 0.233 e. The number of benzene rings is 2. The molecule has 116 valence electrons. The van der Waals surface area contributed by atoms with E-state index in [0.717, 1.165) is 15.8 Å². The summed E-state index contributed by atoms with van der Waals surface area (Å²) in [4.78, 5) is 13.4. The van der Waals surface area contributed by atoms with Crippen molar-refractivity contribution < 1.29 is 4.79 Å². The number of hydrogen-bond donors (Lipinski definition) is 1. The molecule has 0 fully saturated rings. The third-order valence-electron chi connectivity index (χ3n) is 3.27. The van der Waals surface area contributed by atoms with Gasteiger partial charge in [-0.15, -0.1) is 11.8 Å². The maximum atomic E-state index is 12.3. The Balaban J connectivity index is 1.83. The number of thioether (sulfide) groups is 1. The first kappa shape index (κ1) is 17.1. The number of nitrogens with one attached hydrogen (secondary N) is 1. The van der Waals surface area contributed by atoms with Gasteiger partial charge in [-0.05, 0) is 50.1 Å². The van der Waals surface area contributed by atoms with Crippen molar-refractivity contribution in [3.63, 3.8) is 0 Å². The Morgan fingerprint density at radius 2 is 1.73 bits per heavy atom. The van der Waals surface area contributed by atoms with Gasteiger partial charge < -0.3 is 5.32 Å². The summed E-state index contributed by atoms with van der Waals surface area (Å²) in [6.07, 6.45) is 0.835. The standard InChI is InChI=1S/C18H20BrNOS/c1-13(12-15-8-10-16(19)11-9-15)20-18(21)14(2)22-17-6-4-3-5-7-17/h3-11,13-14H,12H2,1-2H3,(H,20,21). The molecule has 4 heteroatoms. The molecular formula is C18H20BrNOS. The first-order chi connectivity index (χ1) is 10.5. The van der Waals surface area contributed by atoms with E-state index in [2.05, 4.69) is 33.4 Å². The van der Waals surface area contributed by atoms with Gasteiger partial charge in [0, 0.05) is 15.4 Å². The minimum atomic E-state index is -0.102. The zero-order valence-electron chi connectivity index (χ0n) is 12.8. The number of carbonyl (C=O) groups excluding carboxylic acids is 1. The lowest BCUT2D eigenvalue weighted by atomic mass is 10.1. The summed E-state index contributed by atoms with van der Waals surface area (Å²) in [6, 6.07) is 18.3. The predicted octanol–water partition coefficient (Wildman–Crippen LogP) is 4.68. The third kappa shape index (κ3) is 5.50. The highest BCUT2D eigenvalue weighted by molar-refractivity contribution is 9.10. The molecule has 0 saturated heterocycles. The van der Waals surface area contributed by atoms with E-state index in [4.69, 9.17) is 0 Å². The van der Waals surface area contributed by atoms with Crippen molar-refractivity contribution in [2.45, 2.75) is 36.5 Å². The highest BCUT2D eigenvalue weighted by atomic mass is 79.9. The summed E-state index contributed by atoms with van der Waals surface area (Å²) in [5.74, 6) is 0.0819. The fourth-order valence-corrected chi connectivity index (χ4v) is 3.30. The van der Waals surface area contributed by atoms with Crippen LogP contribution in [-0.4, -0.2) is 17.2 Å². The monoisotopic (exact) mass is 377 g/mol. The van der Waals surface area contributed by atoms with Gasteiger partial charge in [0.05, 0.1) is 5.25 Å². The average molecular weight is 378 g/mol. The molecule has 0 saturated carbocycles. The lowest BCUT2D eigenvalue weighted by Gasteiger charge is -2.17. The first-order valence-corrected chi connectivity index (χ1v) is 8.98. The second kappa shape index (κ2) is 8.39. The van der Waals surface area contributed by atoms with Crippen LogP contribution in [0.3, 0.4) is 0 Å². The van der Waals surface area contributed by atoms with Crippen molar-refractivity contribution in [2.24, 2.45) is 0 Å². The molecule has 1 amide bonds. The van der Waals surface area contributed by atoms with Gasteiger partial charge in [0.25, 0.3) is 0 Å². The van der Waals surface area contributed by atoms with Crippen molar-refractivity contribution >= 4 is 33.6 Å². The third-order valence-corrected chi connectivity index (χ3v) is 4.91. The molecule has 2 nitrogen and oxygen atoms in total. The zero-order valence-corrected chi connectivity index (χ0v) is 15.2. The van der Waals surface area contributed by atoms with E-state index >= 15 is 0 Å². The predicted molar refractivity (Wildman–Crippen MR) is 97.2 cm³/mol. The van der Waals surface area contributed by atoms with Gasteiger partial charge >= 0.3 is 0 Å². The van der Waals surface area contributed by atoms with Crippen LogP contribution in [0, 0.1) is 0 Å². The molecule has 0 spiro atoms. The van der Waals surface area contributed by atoms with E-state index in [9.17, 15) is 4.79 Å². The van der Waals surface area contributed by atoms with Crippen LogP contribution in [0.25, 0.3) is 0 Å². The molecule has 0 aliphatic heterocycles. The van der Waals surface area contributed by atoms with Crippen LogP contribution in [-0.2, 0) is 11.2 Å². The van der Waals surface area contributed by atoms with Crippen LogP contribution in [0.4, 0.5) is 0 Å². The smallest absolute Gasteiger partial charge is 0.233 e. The Hall–Kier alpha value is -1.26. The van der Waals surface area contributed by atoms with Crippen LogP contribution < -0.4 is 5.32 Å². The first-order valence-electron chi connectivity index (χ1n) is 7.31. The molecule has 2 atom stereocenters. The van der Waals surface area contributed by atoms with Gasteiger partial charge in [-0.2, -0.15) is 0 Å². The van der Waals surface area contributed by atoms with E-state index in [0.29, 0.717) is 0 Å². The minimum absolute atomic E-state index is 0.0819. The average Bonchev–Trinajstić information content (AvgIpc) is 2.50. The molecule has 2 unspecified atom stereocenters. The summed E-state index contributed by atoms with van der Waals surface area (Å²) < 4.78 is 1.07. The summed E-state index contributed by atoms with van der Waals surface area (Å²) >= 11 is 5.01. The van der Waals surface area contributed by atoms with Crippen molar-refractivity contribution in [2.75, 3.05) is 0 Å². The largest absolute Gasteiger partial charge is 0.352 e. The van der Waals surface area contributed by atoms with Crippen LogP contribution in [0.15, 0.2) is 64.0 Å². The number of hydrogen-bond acceptors (Lipinski definition) is 2. The normalized spacial score (nSPS) is 13.4. The molecule has 2 rings (SSSR count). The topological polar surface area (TPSA) is 29.1 Å². The highest BCUT2D eigenvalue weighted by Gasteiger charge is 2.16. The molecule has 0 heterocycles. The van der Waals surface area contributed by atoms with Crippen molar-refractivity contribution in [3.8, 4) is 0 Å². The molecule has 1 N–H and O–H groups in total. The fourth-order valence-electron chi connectivity index (χ4n) is 2.14. The Kier molecular flexibility index (Phi) is 6.52.